The van der Waals surface area contributed by atoms with Crippen molar-refractivity contribution in [3.8, 4) is 0 Å². The number of azide groups is 1. The van der Waals surface area contributed by atoms with Crippen LogP contribution in [0, 0.1) is 5.92 Å². The number of Topliss-reactive ketones (excluding diaryl/α,β-unsaturated/α-hetero) is 1. The third-order valence-electron chi connectivity index (χ3n) is 3.97. The maximum absolute atomic E-state index is 12.7. The van der Waals surface area contributed by atoms with Gasteiger partial charge in [0.15, 0.2) is 0 Å². The smallest absolute Gasteiger partial charge is 0.344 e. The minimum absolute atomic E-state index is 0.0421. The molecule has 0 aromatic carbocycles. The molecule has 0 unspecified atom stereocenters. The van der Waals surface area contributed by atoms with Crippen LogP contribution in [-0.2, 0) is 28.7 Å². The molecule has 0 spiro atoms. The molecule has 0 aromatic rings. The van der Waals surface area contributed by atoms with E-state index in [0.29, 0.717) is 0 Å². The van der Waals surface area contributed by atoms with Crippen LogP contribution in [-0.4, -0.2) is 60.9 Å². The highest BCUT2D eigenvalue weighted by Crippen LogP contribution is 2.39. The Morgan fingerprint density at radius 3 is 2.29 bits per heavy atom. The molecule has 1 rings (SSSR count). The minimum Gasteiger partial charge on any atom is -0.464 e. The van der Waals surface area contributed by atoms with E-state index in [2.05, 4.69) is 10.0 Å². The number of amides is 1. The summed E-state index contributed by atoms with van der Waals surface area (Å²) in [6.07, 6.45) is -0.0503. The Morgan fingerprint density at radius 1 is 1.33 bits per heavy atom. The fraction of sp³-hybridized carbons (Fsp3) is 0.714. The molecule has 1 aliphatic rings. The molecular formula is C14H20N4O6. The van der Waals surface area contributed by atoms with Crippen LogP contribution < -0.4 is 0 Å². The van der Waals surface area contributed by atoms with Gasteiger partial charge in [0.25, 0.3) is 0 Å². The Balaban J connectivity index is 3.56. The van der Waals surface area contributed by atoms with Gasteiger partial charge >= 0.3 is 11.9 Å². The molecular weight excluding hydrogens is 320 g/mol. The number of rotatable bonds is 8. The molecule has 0 saturated heterocycles. The first kappa shape index (κ1) is 19.4. The van der Waals surface area contributed by atoms with Gasteiger partial charge in [-0.25, -0.2) is 9.59 Å². The highest BCUT2D eigenvalue weighted by atomic mass is 16.6. The van der Waals surface area contributed by atoms with E-state index < -0.39 is 29.4 Å². The maximum Gasteiger partial charge on any atom is 0.344 e. The summed E-state index contributed by atoms with van der Waals surface area (Å²) < 4.78 is 9.97. The molecule has 0 aliphatic heterocycles. The first-order chi connectivity index (χ1) is 11.4. The van der Waals surface area contributed by atoms with Crippen LogP contribution in [0.4, 0.5) is 0 Å². The third-order valence-corrected chi connectivity index (χ3v) is 3.97. The average Bonchev–Trinajstić information content (AvgIpc) is 2.89. The number of nitrogens with zero attached hydrogens (tertiary/aromatic N) is 4. The topological polar surface area (TPSA) is 139 Å². The zero-order chi connectivity index (χ0) is 18.3. The van der Waals surface area contributed by atoms with Crippen molar-refractivity contribution in [1.82, 2.24) is 4.90 Å². The van der Waals surface area contributed by atoms with E-state index in [0.717, 1.165) is 4.90 Å². The number of likely N-dealkylation sites (N-methyl/N-ethyl adjacent to an activating group) is 1. The van der Waals surface area contributed by atoms with Gasteiger partial charge in [-0.05, 0) is 19.4 Å². The van der Waals surface area contributed by atoms with Crippen molar-refractivity contribution in [2.24, 2.45) is 11.0 Å². The summed E-state index contributed by atoms with van der Waals surface area (Å²) in [5.41, 5.74) is 6.53. The molecule has 1 aliphatic carbocycles. The van der Waals surface area contributed by atoms with Crippen molar-refractivity contribution in [2.45, 2.75) is 38.3 Å². The summed E-state index contributed by atoms with van der Waals surface area (Å²) in [4.78, 5) is 52.1. The largest absolute Gasteiger partial charge is 0.464 e. The highest BCUT2D eigenvalue weighted by Gasteiger charge is 2.62. The Hall–Kier alpha value is -2.61. The zero-order valence-electron chi connectivity index (χ0n) is 13.8. The van der Waals surface area contributed by atoms with Crippen molar-refractivity contribution in [2.75, 3.05) is 20.3 Å². The molecule has 0 aromatic heterocycles. The Bertz CT molecular complexity index is 554. The van der Waals surface area contributed by atoms with Gasteiger partial charge in [0.05, 0.1) is 19.3 Å². The van der Waals surface area contributed by atoms with Crippen LogP contribution in [0.2, 0.25) is 0 Å². The minimum atomic E-state index is -2.18. The second-order valence-corrected chi connectivity index (χ2v) is 5.25. The summed E-state index contributed by atoms with van der Waals surface area (Å²) in [7, 11) is 1.22. The molecule has 10 nitrogen and oxygen atoms in total. The molecule has 24 heavy (non-hydrogen) atoms. The SMILES string of the molecule is CCOC(=O)C(C(=O)OCC)([C@H]1CC(=O)C[C@@H]1N=[N+]=[N-])N(C)C=O. The maximum atomic E-state index is 12.7. The van der Waals surface area contributed by atoms with Crippen LogP contribution in [0.1, 0.15) is 26.7 Å². The van der Waals surface area contributed by atoms with Crippen molar-refractivity contribution in [3.63, 3.8) is 0 Å². The van der Waals surface area contributed by atoms with Gasteiger partial charge in [-0.1, -0.05) is 5.11 Å². The monoisotopic (exact) mass is 340 g/mol. The van der Waals surface area contributed by atoms with E-state index in [1.165, 1.54) is 7.05 Å². The van der Waals surface area contributed by atoms with Crippen LogP contribution in [0.3, 0.4) is 0 Å². The van der Waals surface area contributed by atoms with E-state index in [9.17, 15) is 19.2 Å². The van der Waals surface area contributed by atoms with Crippen LogP contribution in [0.15, 0.2) is 5.11 Å². The summed E-state index contributed by atoms with van der Waals surface area (Å²) in [5.74, 6) is -3.38. The molecule has 132 valence electrons. The lowest BCUT2D eigenvalue weighted by molar-refractivity contribution is -0.180. The first-order valence-electron chi connectivity index (χ1n) is 7.48. The van der Waals surface area contributed by atoms with Crippen LogP contribution in [0.25, 0.3) is 10.4 Å². The fourth-order valence-electron chi connectivity index (χ4n) is 2.95. The fourth-order valence-corrected chi connectivity index (χ4v) is 2.95. The summed E-state index contributed by atoms with van der Waals surface area (Å²) in [5, 5.41) is 3.52. The lowest BCUT2D eigenvalue weighted by atomic mass is 9.79. The number of hydrogen-bond acceptors (Lipinski definition) is 7. The molecule has 0 radical (unpaired) electrons. The molecule has 0 heterocycles. The van der Waals surface area contributed by atoms with Crippen LogP contribution in [0.5, 0.6) is 0 Å². The van der Waals surface area contributed by atoms with Crippen molar-refractivity contribution in [1.29, 1.82) is 0 Å². The van der Waals surface area contributed by atoms with E-state index in [1.54, 1.807) is 13.8 Å². The van der Waals surface area contributed by atoms with Gasteiger partial charge in [-0.15, -0.1) is 0 Å². The third kappa shape index (κ3) is 3.33. The normalized spacial score (nSPS) is 20.0. The summed E-state index contributed by atoms with van der Waals surface area (Å²) >= 11 is 0. The molecule has 1 fully saturated rings. The van der Waals surface area contributed by atoms with Gasteiger partial charge < -0.3 is 14.4 Å². The van der Waals surface area contributed by atoms with Gasteiger partial charge in [0, 0.05) is 30.7 Å². The number of carbonyl (C=O) groups excluding carboxylic acids is 4. The average molecular weight is 340 g/mol. The lowest BCUT2D eigenvalue weighted by Crippen LogP contribution is -2.65. The summed E-state index contributed by atoms with van der Waals surface area (Å²) in [6, 6.07) is -0.960. The first-order valence-corrected chi connectivity index (χ1v) is 7.48. The molecule has 1 amide bonds. The standard InChI is InChI=1S/C14H20N4O6/c1-4-23-12(21)14(18(3)8-19,13(22)24-5-2)10-6-9(20)7-11(10)16-17-15/h8,10-11H,4-7H2,1-3H3/t10-,11-/m0/s1. The van der Waals surface area contributed by atoms with Gasteiger partial charge in [-0.2, -0.15) is 0 Å². The number of hydrogen-bond donors (Lipinski definition) is 0. The second-order valence-electron chi connectivity index (χ2n) is 5.25. The zero-order valence-corrected chi connectivity index (χ0v) is 13.8. The molecule has 2 atom stereocenters. The molecule has 0 N–H and O–H groups in total. The highest BCUT2D eigenvalue weighted by molar-refractivity contribution is 6.08. The van der Waals surface area contributed by atoms with Crippen molar-refractivity contribution < 1.29 is 28.7 Å². The van der Waals surface area contributed by atoms with E-state index in [1.807, 2.05) is 0 Å². The van der Waals surface area contributed by atoms with Gasteiger partial charge in [-0.3, -0.25) is 9.59 Å². The molecule has 10 heteroatoms. The van der Waals surface area contributed by atoms with Gasteiger partial charge in [0.2, 0.25) is 11.9 Å². The number of esters is 2. The molecule has 1 saturated carbocycles. The van der Waals surface area contributed by atoms with E-state index in [-0.39, 0.29) is 38.2 Å². The summed E-state index contributed by atoms with van der Waals surface area (Å²) in [6.45, 7) is 3.00. The van der Waals surface area contributed by atoms with Gasteiger partial charge in [0.1, 0.15) is 5.78 Å². The van der Waals surface area contributed by atoms with E-state index >= 15 is 0 Å². The molecule has 0 bridgehead atoms. The Labute approximate surface area is 138 Å². The number of ketones is 1. The predicted molar refractivity (Wildman–Crippen MR) is 80.5 cm³/mol. The lowest BCUT2D eigenvalue weighted by Gasteiger charge is -2.40. The number of ether oxygens (including phenoxy) is 2. The van der Waals surface area contributed by atoms with Crippen LogP contribution >= 0.6 is 0 Å². The van der Waals surface area contributed by atoms with Crippen molar-refractivity contribution in [3.05, 3.63) is 10.4 Å². The van der Waals surface area contributed by atoms with E-state index in [4.69, 9.17) is 15.0 Å². The predicted octanol–water partition coefficient (Wildman–Crippen LogP) is 0.598. The number of carbonyl (C=O) groups is 4. The quantitative estimate of drug-likeness (QED) is 0.158. The second kappa shape index (κ2) is 8.30. The Kier molecular flexibility index (Phi) is 6.72. The Morgan fingerprint density at radius 2 is 1.88 bits per heavy atom. The van der Waals surface area contributed by atoms with Crippen molar-refractivity contribution >= 4 is 24.1 Å².